The standard InChI is InChI=1S/C6H6O2.C3H7.Nd/c7-8-6-4-2-1-3-5-6;1-3-2;/h1-5,7H;3H,1-2H3;/q;-1;. The van der Waals surface area contributed by atoms with Crippen molar-refractivity contribution in [2.24, 2.45) is 0 Å². The quantitative estimate of drug-likeness (QED) is 0.491. The van der Waals surface area contributed by atoms with Crippen molar-refractivity contribution < 1.29 is 51.0 Å². The van der Waals surface area contributed by atoms with Gasteiger partial charge in [-0.25, -0.2) is 5.26 Å². The largest absolute Gasteiger partial charge is 0.340 e. The van der Waals surface area contributed by atoms with Gasteiger partial charge in [-0.2, -0.15) is 13.8 Å². The maximum atomic E-state index is 8.04. The summed E-state index contributed by atoms with van der Waals surface area (Å²) in [7, 11) is 0. The van der Waals surface area contributed by atoms with Crippen LogP contribution in [-0.2, 0) is 0 Å². The molecule has 0 fully saturated rings. The van der Waals surface area contributed by atoms with Crippen molar-refractivity contribution >= 4 is 0 Å². The molecule has 0 unspecified atom stereocenters. The molecule has 0 aromatic heterocycles. The second-order valence-corrected chi connectivity index (χ2v) is 1.98. The summed E-state index contributed by atoms with van der Waals surface area (Å²) in [5, 5.41) is 8.04. The summed E-state index contributed by atoms with van der Waals surface area (Å²) < 4.78 is 0. The van der Waals surface area contributed by atoms with E-state index in [1.165, 1.54) is 0 Å². The molecule has 0 amide bonds. The number of hydrogen-bond acceptors (Lipinski definition) is 2. The summed E-state index contributed by atoms with van der Waals surface area (Å²) in [6.07, 6.45) is 2.00. The molecule has 0 aliphatic heterocycles. The Morgan fingerprint density at radius 2 is 1.58 bits per heavy atom. The average Bonchev–Trinajstić information content (AvgIpc) is 2.08. The Morgan fingerprint density at radius 3 is 1.83 bits per heavy atom. The molecule has 1 N–H and O–H groups in total. The molecular weight excluding hydrogens is 284 g/mol. The van der Waals surface area contributed by atoms with E-state index < -0.39 is 0 Å². The minimum atomic E-state index is 0. The van der Waals surface area contributed by atoms with Gasteiger partial charge >= 0.3 is 0 Å². The molecule has 12 heavy (non-hydrogen) atoms. The van der Waals surface area contributed by atoms with Crippen LogP contribution in [0, 0.1) is 47.3 Å². The second kappa shape index (κ2) is 11.3. The summed E-state index contributed by atoms with van der Waals surface area (Å²) in [5.74, 6) is 0.465. The van der Waals surface area contributed by atoms with Crippen molar-refractivity contribution in [1.29, 1.82) is 0 Å². The molecule has 1 aromatic carbocycles. The predicted molar refractivity (Wildman–Crippen MR) is 45.3 cm³/mol. The number of hydrogen-bond donors (Lipinski definition) is 1. The van der Waals surface area contributed by atoms with Crippen molar-refractivity contribution in [3.05, 3.63) is 36.8 Å². The van der Waals surface area contributed by atoms with E-state index in [2.05, 4.69) is 4.89 Å². The molecule has 3 heteroatoms. The van der Waals surface area contributed by atoms with E-state index in [-0.39, 0.29) is 40.8 Å². The van der Waals surface area contributed by atoms with Gasteiger partial charge in [0.05, 0.1) is 0 Å². The van der Waals surface area contributed by atoms with Gasteiger partial charge in [0.1, 0.15) is 0 Å². The third kappa shape index (κ3) is 8.43. The van der Waals surface area contributed by atoms with Gasteiger partial charge in [0.25, 0.3) is 0 Å². The molecule has 0 spiro atoms. The molecule has 0 aliphatic rings. The van der Waals surface area contributed by atoms with Gasteiger partial charge < -0.3 is 11.3 Å². The van der Waals surface area contributed by atoms with Crippen molar-refractivity contribution in [2.45, 2.75) is 13.8 Å². The Balaban J connectivity index is 0. The minimum Gasteiger partial charge on any atom is -0.340 e. The zero-order valence-electron chi connectivity index (χ0n) is 7.32. The van der Waals surface area contributed by atoms with E-state index >= 15 is 0 Å². The smallest absolute Gasteiger partial charge is 0.165 e. The minimum absolute atomic E-state index is 0. The molecule has 2 nitrogen and oxygen atoms in total. The molecule has 0 aliphatic carbocycles. The fourth-order valence-corrected chi connectivity index (χ4v) is 0.481. The maximum absolute atomic E-state index is 8.04. The Kier molecular flexibility index (Phi) is 14.0. The van der Waals surface area contributed by atoms with Gasteiger partial charge in [-0.05, 0) is 12.1 Å². The molecule has 66 valence electrons. The molecule has 1 aromatic rings. The fraction of sp³-hybridized carbons (Fsp3) is 0.222. The van der Waals surface area contributed by atoms with Crippen LogP contribution in [0.15, 0.2) is 30.3 Å². The molecule has 0 atom stereocenters. The van der Waals surface area contributed by atoms with Crippen molar-refractivity contribution in [3.8, 4) is 5.75 Å². The van der Waals surface area contributed by atoms with Crippen LogP contribution >= 0.6 is 0 Å². The molecule has 0 saturated carbocycles. The van der Waals surface area contributed by atoms with E-state index in [1.54, 1.807) is 24.3 Å². The van der Waals surface area contributed by atoms with Crippen LogP contribution in [0.4, 0.5) is 0 Å². The van der Waals surface area contributed by atoms with Crippen molar-refractivity contribution in [1.82, 2.24) is 0 Å². The summed E-state index contributed by atoms with van der Waals surface area (Å²) in [6.45, 7) is 4.00. The number of rotatable bonds is 1. The second-order valence-electron chi connectivity index (χ2n) is 1.98. The monoisotopic (exact) mass is 295 g/mol. The Bertz CT molecular complexity index is 165. The summed E-state index contributed by atoms with van der Waals surface area (Å²) >= 11 is 0. The van der Waals surface area contributed by atoms with Gasteiger partial charge in [-0.15, -0.1) is 0 Å². The van der Waals surface area contributed by atoms with E-state index in [4.69, 9.17) is 5.26 Å². The van der Waals surface area contributed by atoms with E-state index in [1.807, 2.05) is 26.3 Å². The Morgan fingerprint density at radius 1 is 1.17 bits per heavy atom. The Hall–Kier alpha value is 0.331. The molecule has 1 rings (SSSR count). The van der Waals surface area contributed by atoms with Crippen LogP contribution < -0.4 is 4.89 Å². The van der Waals surface area contributed by atoms with Gasteiger partial charge in [-0.1, -0.05) is 18.2 Å². The molecular formula is C9H13NdO2-. The van der Waals surface area contributed by atoms with E-state index in [0.717, 1.165) is 0 Å². The van der Waals surface area contributed by atoms with Crippen molar-refractivity contribution in [2.75, 3.05) is 0 Å². The third-order valence-corrected chi connectivity index (χ3v) is 0.849. The first-order valence-corrected chi connectivity index (χ1v) is 3.45. The summed E-state index contributed by atoms with van der Waals surface area (Å²) in [4.78, 5) is 3.91. The average molecular weight is 297 g/mol. The molecule has 0 saturated heterocycles. The Labute approximate surface area is 106 Å². The van der Waals surface area contributed by atoms with E-state index in [0.29, 0.717) is 5.75 Å². The first-order valence-electron chi connectivity index (χ1n) is 3.45. The molecule has 0 heterocycles. The van der Waals surface area contributed by atoms with Gasteiger partial charge in [0.15, 0.2) is 5.75 Å². The number of para-hydroxylation sites is 1. The normalized spacial score (nSPS) is 7.25. The maximum Gasteiger partial charge on any atom is 0.165 e. The molecule has 0 bridgehead atoms. The SMILES string of the molecule is C[CH-]C.OOc1ccccc1.[Nd]. The van der Waals surface area contributed by atoms with Crippen LogP contribution in [0.2, 0.25) is 0 Å². The predicted octanol–water partition coefficient (Wildman–Crippen LogP) is 2.77. The van der Waals surface area contributed by atoms with Crippen LogP contribution in [0.25, 0.3) is 0 Å². The van der Waals surface area contributed by atoms with Gasteiger partial charge in [-0.3, -0.25) is 0 Å². The molecule has 0 radical (unpaired) electrons. The van der Waals surface area contributed by atoms with Gasteiger partial charge in [0.2, 0.25) is 0 Å². The zero-order valence-corrected chi connectivity index (χ0v) is 10.5. The number of benzene rings is 1. The van der Waals surface area contributed by atoms with Crippen LogP contribution in [0.5, 0.6) is 5.75 Å². The van der Waals surface area contributed by atoms with Crippen LogP contribution in [-0.4, -0.2) is 5.26 Å². The van der Waals surface area contributed by atoms with Crippen LogP contribution in [0.1, 0.15) is 13.8 Å². The zero-order chi connectivity index (χ0) is 8.53. The summed E-state index contributed by atoms with van der Waals surface area (Å²) in [5.41, 5.74) is 0. The fourth-order valence-electron chi connectivity index (χ4n) is 0.481. The van der Waals surface area contributed by atoms with Gasteiger partial charge in [0, 0.05) is 40.8 Å². The van der Waals surface area contributed by atoms with E-state index in [9.17, 15) is 0 Å². The first-order chi connectivity index (χ1) is 5.35. The summed E-state index contributed by atoms with van der Waals surface area (Å²) in [6, 6.07) is 8.75. The first kappa shape index (κ1) is 14.8. The third-order valence-electron chi connectivity index (χ3n) is 0.849. The topological polar surface area (TPSA) is 29.5 Å². The van der Waals surface area contributed by atoms with Crippen LogP contribution in [0.3, 0.4) is 0 Å². The van der Waals surface area contributed by atoms with Crippen molar-refractivity contribution in [3.63, 3.8) is 0 Å².